The van der Waals surface area contributed by atoms with Gasteiger partial charge in [-0.2, -0.15) is 0 Å². The van der Waals surface area contributed by atoms with E-state index in [1.807, 2.05) is 6.07 Å². The van der Waals surface area contributed by atoms with Gasteiger partial charge < -0.3 is 15.2 Å². The highest BCUT2D eigenvalue weighted by molar-refractivity contribution is 5.87. The van der Waals surface area contributed by atoms with Crippen LogP contribution in [0, 0.1) is 0 Å². The molecule has 0 heterocycles. The van der Waals surface area contributed by atoms with Gasteiger partial charge in [0.2, 0.25) is 0 Å². The first-order valence-electron chi connectivity index (χ1n) is 6.22. The molecule has 1 aromatic carbocycles. The van der Waals surface area contributed by atoms with Crippen LogP contribution in [0.1, 0.15) is 35.7 Å². The molecule has 1 rings (SSSR count). The lowest BCUT2D eigenvalue weighted by atomic mass is 10.1. The molecule has 0 aliphatic rings. The molecule has 0 saturated heterocycles. The quantitative estimate of drug-likeness (QED) is 0.744. The molecule has 1 atom stereocenters. The number of rotatable bonds is 8. The number of aromatic carboxylic acids is 1. The lowest BCUT2D eigenvalue weighted by molar-refractivity contribution is 0.0696. The summed E-state index contributed by atoms with van der Waals surface area (Å²) in [6, 6.07) is 7.31. The van der Waals surface area contributed by atoms with Crippen molar-refractivity contribution < 1.29 is 14.6 Å². The van der Waals surface area contributed by atoms with Crippen LogP contribution in [0.15, 0.2) is 24.3 Å². The number of benzene rings is 1. The fourth-order valence-corrected chi connectivity index (χ4v) is 1.87. The first-order valence-corrected chi connectivity index (χ1v) is 6.22. The van der Waals surface area contributed by atoms with Crippen molar-refractivity contribution in [3.8, 4) is 0 Å². The molecular formula is C14H21NO3. The summed E-state index contributed by atoms with van der Waals surface area (Å²) in [4.78, 5) is 10.9. The predicted octanol–water partition coefficient (Wildman–Crippen LogP) is 2.29. The van der Waals surface area contributed by atoms with E-state index in [1.54, 1.807) is 25.3 Å². The Morgan fingerprint density at radius 2 is 2.28 bits per heavy atom. The van der Waals surface area contributed by atoms with Crippen LogP contribution in [0.2, 0.25) is 0 Å². The van der Waals surface area contributed by atoms with E-state index >= 15 is 0 Å². The van der Waals surface area contributed by atoms with Crippen LogP contribution < -0.4 is 5.32 Å². The topological polar surface area (TPSA) is 58.6 Å². The number of ether oxygens (including phenoxy) is 1. The van der Waals surface area contributed by atoms with Gasteiger partial charge in [-0.3, -0.25) is 0 Å². The van der Waals surface area contributed by atoms with Gasteiger partial charge in [-0.15, -0.1) is 0 Å². The third kappa shape index (κ3) is 4.85. The van der Waals surface area contributed by atoms with Crippen LogP contribution in [0.4, 0.5) is 0 Å². The van der Waals surface area contributed by atoms with Crippen molar-refractivity contribution in [3.63, 3.8) is 0 Å². The Bertz CT molecular complexity index is 373. The number of hydrogen-bond donors (Lipinski definition) is 2. The summed E-state index contributed by atoms with van der Waals surface area (Å²) < 4.78 is 5.15. The largest absolute Gasteiger partial charge is 0.478 e. The second-order valence-electron chi connectivity index (χ2n) is 4.33. The zero-order chi connectivity index (χ0) is 13.4. The summed E-state index contributed by atoms with van der Waals surface area (Å²) in [6.07, 6.45) is 2.14. The zero-order valence-electron chi connectivity index (χ0n) is 11.0. The Balaban J connectivity index is 2.55. The van der Waals surface area contributed by atoms with Gasteiger partial charge in [-0.05, 0) is 24.1 Å². The van der Waals surface area contributed by atoms with Gasteiger partial charge in [0.05, 0.1) is 12.2 Å². The van der Waals surface area contributed by atoms with Gasteiger partial charge in [-0.25, -0.2) is 4.79 Å². The molecule has 0 aliphatic heterocycles. The van der Waals surface area contributed by atoms with Crippen LogP contribution in [-0.4, -0.2) is 30.8 Å². The molecule has 0 bridgehead atoms. The summed E-state index contributed by atoms with van der Waals surface area (Å²) in [6.45, 7) is 3.47. The summed E-state index contributed by atoms with van der Waals surface area (Å²) >= 11 is 0. The number of hydrogen-bond acceptors (Lipinski definition) is 3. The van der Waals surface area contributed by atoms with E-state index < -0.39 is 5.97 Å². The highest BCUT2D eigenvalue weighted by atomic mass is 16.5. The molecule has 0 fully saturated rings. The molecule has 4 nitrogen and oxygen atoms in total. The van der Waals surface area contributed by atoms with Gasteiger partial charge in [0.1, 0.15) is 0 Å². The Kier molecular flexibility index (Phi) is 6.39. The van der Waals surface area contributed by atoms with Crippen molar-refractivity contribution >= 4 is 5.97 Å². The lowest BCUT2D eigenvalue weighted by Gasteiger charge is -2.17. The summed E-state index contributed by atoms with van der Waals surface area (Å²) in [5, 5.41) is 12.3. The number of nitrogens with one attached hydrogen (secondary N) is 1. The van der Waals surface area contributed by atoms with E-state index in [2.05, 4.69) is 12.2 Å². The molecule has 0 spiro atoms. The molecule has 0 aliphatic carbocycles. The van der Waals surface area contributed by atoms with E-state index in [0.717, 1.165) is 18.4 Å². The molecule has 1 unspecified atom stereocenters. The normalized spacial score (nSPS) is 12.3. The Morgan fingerprint density at radius 1 is 1.50 bits per heavy atom. The number of carboxylic acid groups (broad SMARTS) is 1. The number of carbonyl (C=O) groups is 1. The van der Waals surface area contributed by atoms with Gasteiger partial charge in [-0.1, -0.05) is 25.5 Å². The maximum absolute atomic E-state index is 10.9. The smallest absolute Gasteiger partial charge is 0.335 e. The molecular weight excluding hydrogens is 230 g/mol. The minimum absolute atomic E-state index is 0.313. The van der Waals surface area contributed by atoms with Gasteiger partial charge in [0.25, 0.3) is 0 Å². The van der Waals surface area contributed by atoms with Gasteiger partial charge in [0, 0.05) is 19.7 Å². The van der Waals surface area contributed by atoms with E-state index in [4.69, 9.17) is 9.84 Å². The fourth-order valence-electron chi connectivity index (χ4n) is 1.87. The molecule has 0 amide bonds. The zero-order valence-corrected chi connectivity index (χ0v) is 11.0. The second kappa shape index (κ2) is 7.84. The van der Waals surface area contributed by atoms with Crippen LogP contribution in [0.25, 0.3) is 0 Å². The minimum atomic E-state index is -0.890. The summed E-state index contributed by atoms with van der Waals surface area (Å²) in [5.74, 6) is -0.890. The second-order valence-corrected chi connectivity index (χ2v) is 4.33. The Hall–Kier alpha value is -1.39. The summed E-state index contributed by atoms with van der Waals surface area (Å²) in [5.41, 5.74) is 1.31. The van der Waals surface area contributed by atoms with Gasteiger partial charge >= 0.3 is 5.97 Å². The lowest BCUT2D eigenvalue weighted by Crippen LogP contribution is -2.32. The van der Waals surface area contributed by atoms with Crippen molar-refractivity contribution in [1.29, 1.82) is 0 Å². The average molecular weight is 251 g/mol. The Labute approximate surface area is 108 Å². The third-order valence-electron chi connectivity index (χ3n) is 2.77. The molecule has 100 valence electrons. The number of carboxylic acids is 1. The predicted molar refractivity (Wildman–Crippen MR) is 70.8 cm³/mol. The van der Waals surface area contributed by atoms with Crippen molar-refractivity contribution in [2.24, 2.45) is 0 Å². The van der Waals surface area contributed by atoms with E-state index in [9.17, 15) is 4.79 Å². The molecule has 18 heavy (non-hydrogen) atoms. The van der Waals surface area contributed by atoms with Crippen molar-refractivity contribution in [3.05, 3.63) is 35.4 Å². The van der Waals surface area contributed by atoms with E-state index in [-0.39, 0.29) is 0 Å². The van der Waals surface area contributed by atoms with Crippen LogP contribution in [-0.2, 0) is 11.3 Å². The van der Waals surface area contributed by atoms with Crippen molar-refractivity contribution in [1.82, 2.24) is 5.32 Å². The molecule has 0 radical (unpaired) electrons. The highest BCUT2D eigenvalue weighted by Gasteiger charge is 2.07. The maximum Gasteiger partial charge on any atom is 0.335 e. The first-order chi connectivity index (χ1) is 8.67. The van der Waals surface area contributed by atoms with Gasteiger partial charge in [0.15, 0.2) is 0 Å². The van der Waals surface area contributed by atoms with E-state index in [0.29, 0.717) is 24.8 Å². The van der Waals surface area contributed by atoms with Crippen LogP contribution in [0.3, 0.4) is 0 Å². The van der Waals surface area contributed by atoms with Crippen molar-refractivity contribution in [2.45, 2.75) is 32.4 Å². The molecule has 0 saturated carbocycles. The first kappa shape index (κ1) is 14.7. The Morgan fingerprint density at radius 3 is 2.89 bits per heavy atom. The molecule has 2 N–H and O–H groups in total. The SMILES string of the molecule is CCCC(COC)NCc1cccc(C(=O)O)c1. The summed E-state index contributed by atoms with van der Waals surface area (Å²) in [7, 11) is 1.69. The highest BCUT2D eigenvalue weighted by Crippen LogP contribution is 2.06. The number of methoxy groups -OCH3 is 1. The molecule has 1 aromatic rings. The maximum atomic E-state index is 10.9. The van der Waals surface area contributed by atoms with Crippen LogP contribution >= 0.6 is 0 Å². The minimum Gasteiger partial charge on any atom is -0.478 e. The molecule has 0 aromatic heterocycles. The molecule has 4 heteroatoms. The van der Waals surface area contributed by atoms with Crippen LogP contribution in [0.5, 0.6) is 0 Å². The average Bonchev–Trinajstić information content (AvgIpc) is 2.37. The standard InChI is InChI=1S/C14H21NO3/c1-3-5-13(10-18-2)15-9-11-6-4-7-12(8-11)14(16)17/h4,6-8,13,15H,3,5,9-10H2,1-2H3,(H,16,17). The van der Waals surface area contributed by atoms with Crippen molar-refractivity contribution in [2.75, 3.05) is 13.7 Å². The monoisotopic (exact) mass is 251 g/mol. The van der Waals surface area contributed by atoms with E-state index in [1.165, 1.54) is 0 Å². The third-order valence-corrected chi connectivity index (χ3v) is 2.77. The fraction of sp³-hybridized carbons (Fsp3) is 0.500.